The Bertz CT molecular complexity index is 1130. The molecule has 0 radical (unpaired) electrons. The first-order valence-corrected chi connectivity index (χ1v) is 15.5. The minimum atomic E-state index is -4.94. The fraction of sp³-hybridized carbons (Fsp3) is 0.480. The highest BCUT2D eigenvalue weighted by Crippen LogP contribution is 2.40. The van der Waals surface area contributed by atoms with Gasteiger partial charge in [0.2, 0.25) is 10.0 Å². The molecular formula is C25H36NO8PS. The number of hydrogen-bond acceptors (Lipinski definition) is 6. The minimum Gasteiger partial charge on any atom is -0.494 e. The maximum Gasteiger partial charge on any atom is 0.396 e. The lowest BCUT2D eigenvalue weighted by Gasteiger charge is -2.14. The van der Waals surface area contributed by atoms with Gasteiger partial charge in [-0.1, -0.05) is 51.2 Å². The highest BCUT2D eigenvalue weighted by Gasteiger charge is 2.28. The Morgan fingerprint density at radius 2 is 1.61 bits per heavy atom. The maximum atomic E-state index is 12.1. The summed E-state index contributed by atoms with van der Waals surface area (Å²) in [6.45, 7) is 2.93. The van der Waals surface area contributed by atoms with E-state index in [1.54, 1.807) is 0 Å². The monoisotopic (exact) mass is 541 g/mol. The van der Waals surface area contributed by atoms with Gasteiger partial charge in [-0.25, -0.2) is 13.1 Å². The van der Waals surface area contributed by atoms with Crippen LogP contribution >= 0.6 is 7.60 Å². The van der Waals surface area contributed by atoms with Gasteiger partial charge in [0, 0.05) is 18.5 Å². The van der Waals surface area contributed by atoms with Crippen molar-refractivity contribution in [1.29, 1.82) is 0 Å². The van der Waals surface area contributed by atoms with Gasteiger partial charge in [-0.3, -0.25) is 9.36 Å². The lowest BCUT2D eigenvalue weighted by Crippen LogP contribution is -2.27. The third kappa shape index (κ3) is 11.2. The highest BCUT2D eigenvalue weighted by molar-refractivity contribution is 7.88. The summed E-state index contributed by atoms with van der Waals surface area (Å²) in [6.07, 6.45) is 8.48. The third-order valence-electron chi connectivity index (χ3n) is 5.38. The molecule has 0 aromatic heterocycles. The zero-order chi connectivity index (χ0) is 26.6. The second-order valence-electron chi connectivity index (χ2n) is 8.62. The van der Waals surface area contributed by atoms with E-state index in [4.69, 9.17) is 9.47 Å². The van der Waals surface area contributed by atoms with Crippen LogP contribution in [0.4, 0.5) is 0 Å². The van der Waals surface area contributed by atoms with Crippen LogP contribution in [0.1, 0.15) is 66.9 Å². The molecule has 0 saturated carbocycles. The maximum absolute atomic E-state index is 12.1. The molecule has 11 heteroatoms. The number of unbranched alkanes of at least 4 members (excludes halogenated alkanes) is 5. The van der Waals surface area contributed by atoms with E-state index in [1.807, 2.05) is 24.3 Å². The van der Waals surface area contributed by atoms with Gasteiger partial charge < -0.3 is 19.3 Å². The Morgan fingerprint density at radius 1 is 0.944 bits per heavy atom. The summed E-state index contributed by atoms with van der Waals surface area (Å²) in [5, 5.41) is 0. The molecule has 2 aromatic carbocycles. The number of benzene rings is 2. The quantitative estimate of drug-likeness (QED) is 0.199. The zero-order valence-electron chi connectivity index (χ0n) is 20.8. The van der Waals surface area contributed by atoms with Gasteiger partial charge in [0.05, 0.1) is 12.9 Å². The topological polar surface area (TPSA) is 139 Å². The first-order chi connectivity index (χ1) is 17.0. The van der Waals surface area contributed by atoms with Crippen molar-refractivity contribution >= 4 is 23.1 Å². The molecule has 200 valence electrons. The first kappa shape index (κ1) is 30.0. The molecule has 0 aliphatic carbocycles. The number of sulfonamides is 1. The third-order valence-corrected chi connectivity index (χ3v) is 6.90. The second kappa shape index (κ2) is 14.5. The van der Waals surface area contributed by atoms with Crippen LogP contribution in [0.5, 0.6) is 11.5 Å². The summed E-state index contributed by atoms with van der Waals surface area (Å²) in [6, 6.07) is 11.6. The van der Waals surface area contributed by atoms with Gasteiger partial charge >= 0.3 is 7.60 Å². The largest absolute Gasteiger partial charge is 0.494 e. The molecule has 0 saturated heterocycles. The molecular weight excluding hydrogens is 505 g/mol. The van der Waals surface area contributed by atoms with E-state index in [0.717, 1.165) is 30.4 Å². The van der Waals surface area contributed by atoms with Crippen LogP contribution in [0.25, 0.3) is 0 Å². The summed E-state index contributed by atoms with van der Waals surface area (Å²) in [5.74, 6) is 1.14. The van der Waals surface area contributed by atoms with E-state index in [9.17, 15) is 27.6 Å². The molecule has 0 atom stereocenters. The molecule has 0 amide bonds. The van der Waals surface area contributed by atoms with E-state index < -0.39 is 23.1 Å². The Kier molecular flexibility index (Phi) is 12.1. The van der Waals surface area contributed by atoms with E-state index in [1.165, 1.54) is 43.9 Å². The van der Waals surface area contributed by atoms with Crippen LogP contribution in [0.2, 0.25) is 0 Å². The van der Waals surface area contributed by atoms with Gasteiger partial charge in [0.25, 0.3) is 5.52 Å². The van der Waals surface area contributed by atoms with Gasteiger partial charge in [0.15, 0.2) is 0 Å². The normalized spacial score (nSPS) is 11.9. The molecule has 0 bridgehead atoms. The molecule has 0 spiro atoms. The average molecular weight is 542 g/mol. The second-order valence-corrected chi connectivity index (χ2v) is 12.0. The molecule has 0 aliphatic heterocycles. The number of nitrogens with one attached hydrogen (secondary N) is 1. The molecule has 9 nitrogen and oxygen atoms in total. The van der Waals surface area contributed by atoms with E-state index in [-0.39, 0.29) is 18.7 Å². The van der Waals surface area contributed by atoms with Crippen molar-refractivity contribution in [3.8, 4) is 11.5 Å². The molecule has 0 fully saturated rings. The number of carbonyl (C=O) groups is 1. The summed E-state index contributed by atoms with van der Waals surface area (Å²) < 4.78 is 47.7. The number of hydrogen-bond donors (Lipinski definition) is 3. The van der Waals surface area contributed by atoms with Crippen LogP contribution in [-0.2, 0) is 21.0 Å². The van der Waals surface area contributed by atoms with Gasteiger partial charge in [0.1, 0.15) is 18.1 Å². The molecule has 0 unspecified atom stereocenters. The smallest absolute Gasteiger partial charge is 0.396 e. The number of rotatable bonds is 17. The average Bonchev–Trinajstić information content (AvgIpc) is 2.81. The lowest BCUT2D eigenvalue weighted by molar-refractivity contribution is 0.104. The Balaban J connectivity index is 2.06. The number of carbonyl (C=O) groups excluding carboxylic acids is 1. The molecule has 2 rings (SSSR count). The first-order valence-electron chi connectivity index (χ1n) is 12.0. The molecule has 3 N–H and O–H groups in total. The van der Waals surface area contributed by atoms with E-state index in [2.05, 4.69) is 11.6 Å². The summed E-state index contributed by atoms with van der Waals surface area (Å²) in [4.78, 5) is 30.6. The summed E-state index contributed by atoms with van der Waals surface area (Å²) in [5.41, 5.74) is 0.0162. The standard InChI is InChI=1S/C25H36NO8PS/c1-3-4-5-6-7-8-16-33-23-12-9-20(10-13-23)18-22-19-21(25(27)35(28,29)30)11-14-24(22)34-17-15-26-36(2,31)32/h9-14,19,26H,3-8,15-18H2,1-2H3,(H2,28,29,30). The fourth-order valence-corrected chi connectivity index (χ4v) is 4.47. The Labute approximate surface area is 213 Å². The predicted octanol–water partition coefficient (Wildman–Crippen LogP) is 4.26. The van der Waals surface area contributed by atoms with Crippen LogP contribution in [0.15, 0.2) is 42.5 Å². The Morgan fingerprint density at radius 3 is 2.25 bits per heavy atom. The summed E-state index contributed by atoms with van der Waals surface area (Å²) >= 11 is 0. The van der Waals surface area contributed by atoms with E-state index in [0.29, 0.717) is 24.3 Å². The highest BCUT2D eigenvalue weighted by atomic mass is 32.2. The fourth-order valence-electron chi connectivity index (χ4n) is 3.54. The van der Waals surface area contributed by atoms with E-state index >= 15 is 0 Å². The summed E-state index contributed by atoms with van der Waals surface area (Å²) in [7, 11) is -8.31. The van der Waals surface area contributed by atoms with Gasteiger partial charge in [-0.15, -0.1) is 0 Å². The van der Waals surface area contributed by atoms with Crippen molar-refractivity contribution in [2.24, 2.45) is 0 Å². The SMILES string of the molecule is CCCCCCCCOc1ccc(Cc2cc(C(=O)P(=O)(O)O)ccc2OCCNS(C)(=O)=O)cc1. The minimum absolute atomic E-state index is 0.0388. The predicted molar refractivity (Wildman–Crippen MR) is 139 cm³/mol. The van der Waals surface area contributed by atoms with Crippen LogP contribution in [-0.4, -0.2) is 49.7 Å². The Hall–Kier alpha value is -2.23. The molecule has 2 aromatic rings. The molecule has 0 aliphatic rings. The van der Waals surface area contributed by atoms with Crippen LogP contribution in [0.3, 0.4) is 0 Å². The van der Waals surface area contributed by atoms with Crippen molar-refractivity contribution in [2.45, 2.75) is 51.9 Å². The van der Waals surface area contributed by atoms with Gasteiger partial charge in [-0.2, -0.15) is 0 Å². The van der Waals surface area contributed by atoms with Crippen molar-refractivity contribution in [3.05, 3.63) is 59.2 Å². The van der Waals surface area contributed by atoms with Crippen molar-refractivity contribution < 1.29 is 37.0 Å². The van der Waals surface area contributed by atoms with Crippen molar-refractivity contribution in [3.63, 3.8) is 0 Å². The van der Waals surface area contributed by atoms with Crippen LogP contribution < -0.4 is 14.2 Å². The van der Waals surface area contributed by atoms with Crippen molar-refractivity contribution in [2.75, 3.05) is 26.0 Å². The van der Waals surface area contributed by atoms with Gasteiger partial charge in [-0.05, 0) is 47.9 Å². The van der Waals surface area contributed by atoms with Crippen molar-refractivity contribution in [1.82, 2.24) is 4.72 Å². The molecule has 36 heavy (non-hydrogen) atoms. The van der Waals surface area contributed by atoms with Crippen LogP contribution in [0, 0.1) is 0 Å². The molecule has 0 heterocycles. The zero-order valence-corrected chi connectivity index (χ0v) is 22.5. The lowest BCUT2D eigenvalue weighted by atomic mass is 10.0. The number of ether oxygens (including phenoxy) is 2.